The summed E-state index contributed by atoms with van der Waals surface area (Å²) in [5, 5.41) is 0. The highest BCUT2D eigenvalue weighted by Crippen LogP contribution is 2.26. The molecule has 0 aromatic heterocycles. The van der Waals surface area contributed by atoms with Crippen LogP contribution in [-0.2, 0) is 19.0 Å². The Labute approximate surface area is 190 Å². The summed E-state index contributed by atoms with van der Waals surface area (Å²) in [5.41, 5.74) is 0.978. The molecule has 7 heteroatoms. The van der Waals surface area contributed by atoms with E-state index in [1.807, 2.05) is 54.6 Å². The molecule has 0 aliphatic carbocycles. The summed E-state index contributed by atoms with van der Waals surface area (Å²) in [6.45, 7) is 6.70. The van der Waals surface area contributed by atoms with E-state index in [4.69, 9.17) is 23.7 Å². The summed E-state index contributed by atoms with van der Waals surface area (Å²) in [7, 11) is 0. The molecule has 1 aliphatic heterocycles. The van der Waals surface area contributed by atoms with E-state index in [1.54, 1.807) is 6.92 Å². The van der Waals surface area contributed by atoms with Gasteiger partial charge in [-0.05, 0) is 17.7 Å². The van der Waals surface area contributed by atoms with Gasteiger partial charge in [0, 0.05) is 26.1 Å². The van der Waals surface area contributed by atoms with Gasteiger partial charge in [-0.3, -0.25) is 9.69 Å². The first-order valence-corrected chi connectivity index (χ1v) is 11.2. The quantitative estimate of drug-likeness (QED) is 0.656. The van der Waals surface area contributed by atoms with Gasteiger partial charge in [0.2, 0.25) is 0 Å². The van der Waals surface area contributed by atoms with E-state index in [0.717, 1.165) is 5.56 Å². The van der Waals surface area contributed by atoms with Gasteiger partial charge < -0.3 is 23.7 Å². The molecule has 7 nitrogen and oxygen atoms in total. The van der Waals surface area contributed by atoms with E-state index in [1.165, 1.54) is 0 Å². The van der Waals surface area contributed by atoms with E-state index >= 15 is 0 Å². The van der Waals surface area contributed by atoms with Crippen LogP contribution in [0.5, 0.6) is 11.5 Å². The third-order valence-corrected chi connectivity index (χ3v) is 5.08. The van der Waals surface area contributed by atoms with Crippen molar-refractivity contribution in [3.8, 4) is 11.5 Å². The van der Waals surface area contributed by atoms with Crippen LogP contribution in [0.3, 0.4) is 0 Å². The lowest BCUT2D eigenvalue weighted by Crippen LogP contribution is -2.36. The normalized spacial score (nSPS) is 17.5. The maximum Gasteiger partial charge on any atom is 0.306 e. The number of para-hydroxylation sites is 2. The maximum absolute atomic E-state index is 12.0. The first kappa shape index (κ1) is 24.0. The molecule has 0 unspecified atom stereocenters. The first-order chi connectivity index (χ1) is 15.8. The van der Waals surface area contributed by atoms with Gasteiger partial charge in [0.05, 0.1) is 26.4 Å². The minimum atomic E-state index is -0.341. The highest BCUT2D eigenvalue weighted by atomic mass is 16.6. The Kier molecular flexibility index (Phi) is 10.3. The molecule has 0 fully saturated rings. The highest BCUT2D eigenvalue weighted by Gasteiger charge is 2.20. The number of fused-ring (bicyclic) bond motifs is 1. The molecular formula is C25H33NO6. The number of ether oxygens (including phenoxy) is 5. The van der Waals surface area contributed by atoms with E-state index < -0.39 is 0 Å². The number of carbonyl (C=O) groups excluding carboxylic acids is 1. The zero-order chi connectivity index (χ0) is 22.4. The molecule has 0 saturated heterocycles. The molecular weight excluding hydrogens is 410 g/mol. The van der Waals surface area contributed by atoms with Crippen molar-refractivity contribution in [1.82, 2.24) is 4.90 Å². The number of benzene rings is 2. The van der Waals surface area contributed by atoms with Crippen molar-refractivity contribution in [2.45, 2.75) is 19.4 Å². The van der Waals surface area contributed by atoms with Crippen LogP contribution < -0.4 is 9.47 Å². The summed E-state index contributed by atoms with van der Waals surface area (Å²) in [6.07, 6.45) is 0.00435. The Hall–Kier alpha value is -2.61. The summed E-state index contributed by atoms with van der Waals surface area (Å²) in [6, 6.07) is 17.4. The molecule has 2 aromatic carbocycles. The topological polar surface area (TPSA) is 66.5 Å². The molecule has 1 heterocycles. The molecule has 0 spiro atoms. The molecule has 174 valence electrons. The third kappa shape index (κ3) is 8.15. The van der Waals surface area contributed by atoms with Gasteiger partial charge in [-0.25, -0.2) is 0 Å². The smallest absolute Gasteiger partial charge is 0.306 e. The average Bonchev–Trinajstić information content (AvgIpc) is 2.84. The Bertz CT molecular complexity index is 765. The van der Waals surface area contributed by atoms with Gasteiger partial charge >= 0.3 is 5.97 Å². The summed E-state index contributed by atoms with van der Waals surface area (Å²) < 4.78 is 28.9. The van der Waals surface area contributed by atoms with E-state index in [-0.39, 0.29) is 12.1 Å². The fraction of sp³-hybridized carbons (Fsp3) is 0.480. The van der Waals surface area contributed by atoms with Crippen LogP contribution in [0, 0.1) is 0 Å². The van der Waals surface area contributed by atoms with Crippen molar-refractivity contribution >= 4 is 5.97 Å². The fourth-order valence-electron chi connectivity index (χ4n) is 3.35. The second-order valence-corrected chi connectivity index (χ2v) is 7.41. The van der Waals surface area contributed by atoms with Crippen molar-refractivity contribution in [3.63, 3.8) is 0 Å². The van der Waals surface area contributed by atoms with Crippen molar-refractivity contribution in [1.29, 1.82) is 0 Å². The lowest BCUT2D eigenvalue weighted by atomic mass is 10.1. The van der Waals surface area contributed by atoms with Crippen LogP contribution in [0.2, 0.25) is 0 Å². The number of carbonyl (C=O) groups is 1. The number of rotatable bonds is 5. The largest absolute Gasteiger partial charge is 0.487 e. The van der Waals surface area contributed by atoms with E-state index in [9.17, 15) is 4.79 Å². The number of hydrogen-bond donors (Lipinski definition) is 0. The SMILES string of the molecule is CCC(=O)O[C@@H](CN1CCOCCOc2ccccc2OCCOCC1)c1ccccc1. The van der Waals surface area contributed by atoms with E-state index in [0.29, 0.717) is 77.2 Å². The molecule has 0 saturated carbocycles. The van der Waals surface area contributed by atoms with Gasteiger partial charge in [-0.2, -0.15) is 0 Å². The minimum absolute atomic E-state index is 0.210. The van der Waals surface area contributed by atoms with Gasteiger partial charge in [0.25, 0.3) is 0 Å². The maximum atomic E-state index is 12.0. The van der Waals surface area contributed by atoms with Crippen molar-refractivity contribution in [2.75, 3.05) is 59.3 Å². The average molecular weight is 444 g/mol. The monoisotopic (exact) mass is 443 g/mol. The van der Waals surface area contributed by atoms with Gasteiger partial charge in [-0.15, -0.1) is 0 Å². The zero-order valence-corrected chi connectivity index (χ0v) is 18.7. The molecule has 0 N–H and O–H groups in total. The lowest BCUT2D eigenvalue weighted by molar-refractivity contribution is -0.150. The predicted octanol–water partition coefficient (Wildman–Crippen LogP) is 3.49. The predicted molar refractivity (Wildman–Crippen MR) is 121 cm³/mol. The Morgan fingerprint density at radius 3 is 1.97 bits per heavy atom. The number of nitrogens with zero attached hydrogens (tertiary/aromatic N) is 1. The van der Waals surface area contributed by atoms with Crippen LogP contribution in [0.25, 0.3) is 0 Å². The summed E-state index contributed by atoms with van der Waals surface area (Å²) >= 11 is 0. The van der Waals surface area contributed by atoms with Gasteiger partial charge in [-0.1, -0.05) is 49.4 Å². The lowest BCUT2D eigenvalue weighted by Gasteiger charge is -2.27. The van der Waals surface area contributed by atoms with Gasteiger partial charge in [0.15, 0.2) is 11.5 Å². The van der Waals surface area contributed by atoms with E-state index in [2.05, 4.69) is 4.90 Å². The van der Waals surface area contributed by atoms with Crippen molar-refractivity contribution in [2.24, 2.45) is 0 Å². The molecule has 0 amide bonds. The Balaban J connectivity index is 1.59. The second-order valence-electron chi connectivity index (χ2n) is 7.41. The summed E-state index contributed by atoms with van der Waals surface area (Å²) in [4.78, 5) is 14.2. The van der Waals surface area contributed by atoms with Crippen molar-refractivity contribution < 1.29 is 28.5 Å². The zero-order valence-electron chi connectivity index (χ0n) is 18.7. The molecule has 0 radical (unpaired) electrons. The molecule has 3 rings (SSSR count). The fourth-order valence-corrected chi connectivity index (χ4v) is 3.35. The highest BCUT2D eigenvalue weighted by molar-refractivity contribution is 5.69. The molecule has 0 bridgehead atoms. The molecule has 2 aromatic rings. The Morgan fingerprint density at radius 1 is 0.844 bits per heavy atom. The standard InChI is InChI=1S/C25H33NO6/c1-2-25(27)32-24(21-8-4-3-5-9-21)20-26-12-14-28-16-18-30-22-10-6-7-11-23(22)31-19-17-29-15-13-26/h3-11,24H,2,12-20H2,1H3/t24-/m0/s1. The number of hydrogen-bond acceptors (Lipinski definition) is 7. The van der Waals surface area contributed by atoms with Crippen molar-refractivity contribution in [3.05, 3.63) is 60.2 Å². The number of esters is 1. The van der Waals surface area contributed by atoms with Crippen LogP contribution >= 0.6 is 0 Å². The third-order valence-electron chi connectivity index (χ3n) is 5.08. The molecule has 1 atom stereocenters. The van der Waals surface area contributed by atoms with Crippen LogP contribution in [-0.4, -0.2) is 70.1 Å². The van der Waals surface area contributed by atoms with Crippen LogP contribution in [0.4, 0.5) is 0 Å². The van der Waals surface area contributed by atoms with Crippen LogP contribution in [0.15, 0.2) is 54.6 Å². The Morgan fingerprint density at radius 2 is 1.41 bits per heavy atom. The van der Waals surface area contributed by atoms with Crippen LogP contribution in [0.1, 0.15) is 25.0 Å². The minimum Gasteiger partial charge on any atom is -0.487 e. The summed E-state index contributed by atoms with van der Waals surface area (Å²) in [5.74, 6) is 1.20. The first-order valence-electron chi connectivity index (χ1n) is 11.2. The molecule has 1 aliphatic rings. The van der Waals surface area contributed by atoms with Gasteiger partial charge in [0.1, 0.15) is 19.3 Å². The molecule has 32 heavy (non-hydrogen) atoms. The second kappa shape index (κ2) is 13.7.